The Hall–Kier alpha value is -3.35. The number of aromatic nitrogens is 1. The van der Waals surface area contributed by atoms with Crippen LogP contribution in [0.25, 0.3) is 0 Å². The molecule has 31 heavy (non-hydrogen) atoms. The van der Waals surface area contributed by atoms with Gasteiger partial charge in [0.25, 0.3) is 5.91 Å². The molecule has 1 aromatic carbocycles. The average molecular weight is 423 g/mol. The van der Waals surface area contributed by atoms with Gasteiger partial charge < -0.3 is 10.6 Å². The van der Waals surface area contributed by atoms with Crippen LogP contribution in [-0.4, -0.2) is 16.7 Å². The maximum Gasteiger partial charge on any atom is 0.254 e. The van der Waals surface area contributed by atoms with Crippen LogP contribution in [0.1, 0.15) is 45.2 Å². The molecule has 0 fully saturated rings. The largest absolute Gasteiger partial charge is 0.362 e. The van der Waals surface area contributed by atoms with E-state index in [-0.39, 0.29) is 16.8 Å². The number of anilines is 1. The molecule has 1 aliphatic heterocycles. The molecule has 2 aliphatic rings. The lowest BCUT2D eigenvalue weighted by Crippen LogP contribution is -2.39. The van der Waals surface area contributed by atoms with E-state index in [0.717, 1.165) is 17.8 Å². The number of halogens is 2. The Morgan fingerprint density at radius 1 is 1.13 bits per heavy atom. The first-order chi connectivity index (χ1) is 14.7. The predicted molar refractivity (Wildman–Crippen MR) is 113 cm³/mol. The quantitative estimate of drug-likeness (QED) is 0.757. The molecule has 160 valence electrons. The second-order valence-electron chi connectivity index (χ2n) is 8.74. The number of hydrogen-bond acceptors (Lipinski definition) is 4. The smallest absolute Gasteiger partial charge is 0.254 e. The van der Waals surface area contributed by atoms with Crippen molar-refractivity contribution in [1.82, 2.24) is 10.3 Å². The summed E-state index contributed by atoms with van der Waals surface area (Å²) >= 11 is 0. The van der Waals surface area contributed by atoms with Gasteiger partial charge in [0.2, 0.25) is 0 Å². The van der Waals surface area contributed by atoms with Gasteiger partial charge in [0, 0.05) is 35.2 Å². The summed E-state index contributed by atoms with van der Waals surface area (Å²) in [5.74, 6) is -3.23. The number of Topliss-reactive ketones (excluding diaryl/α,β-unsaturated/α-hetero) is 1. The lowest BCUT2D eigenvalue weighted by molar-refractivity contribution is -0.118. The summed E-state index contributed by atoms with van der Waals surface area (Å²) in [5, 5.41) is 5.57. The second-order valence-corrected chi connectivity index (χ2v) is 8.74. The first-order valence-corrected chi connectivity index (χ1v) is 10.1. The third kappa shape index (κ3) is 3.87. The third-order valence-corrected chi connectivity index (χ3v) is 5.67. The Bertz CT molecular complexity index is 1120. The van der Waals surface area contributed by atoms with Crippen molar-refractivity contribution in [3.05, 3.63) is 82.5 Å². The van der Waals surface area contributed by atoms with Gasteiger partial charge in [0.05, 0.1) is 11.6 Å². The lowest BCUT2D eigenvalue weighted by atomic mass is 9.69. The van der Waals surface area contributed by atoms with Crippen molar-refractivity contribution in [2.75, 3.05) is 5.32 Å². The molecular formula is C24H23F2N3O2. The minimum absolute atomic E-state index is 0.0655. The van der Waals surface area contributed by atoms with E-state index in [2.05, 4.69) is 15.6 Å². The van der Waals surface area contributed by atoms with Crippen LogP contribution in [-0.2, 0) is 9.59 Å². The molecule has 5 nitrogen and oxygen atoms in total. The summed E-state index contributed by atoms with van der Waals surface area (Å²) in [7, 11) is 0. The third-order valence-electron chi connectivity index (χ3n) is 5.67. The SMILES string of the molecule is CC1=C(C(=O)Nc2c(F)cccc2F)C(c2ccccn2)C2=C(CC(C)(C)CC2=O)N1. The Labute approximate surface area is 179 Å². The highest BCUT2D eigenvalue weighted by Gasteiger charge is 2.43. The minimum Gasteiger partial charge on any atom is -0.362 e. The minimum atomic E-state index is -0.875. The van der Waals surface area contributed by atoms with Crippen LogP contribution >= 0.6 is 0 Å². The molecule has 1 amide bonds. The molecule has 0 bridgehead atoms. The lowest BCUT2D eigenvalue weighted by Gasteiger charge is -2.39. The van der Waals surface area contributed by atoms with Crippen LogP contribution in [0.5, 0.6) is 0 Å². The number of hydrogen-bond donors (Lipinski definition) is 2. The number of para-hydroxylation sites is 1. The molecular weight excluding hydrogens is 400 g/mol. The molecule has 1 atom stereocenters. The number of dihydropyridines is 1. The van der Waals surface area contributed by atoms with E-state index in [4.69, 9.17) is 0 Å². The topological polar surface area (TPSA) is 71.1 Å². The van der Waals surface area contributed by atoms with Gasteiger partial charge in [-0.15, -0.1) is 0 Å². The van der Waals surface area contributed by atoms with E-state index >= 15 is 0 Å². The van der Waals surface area contributed by atoms with Crippen molar-refractivity contribution in [2.24, 2.45) is 5.41 Å². The number of allylic oxidation sites excluding steroid dienone is 3. The maximum absolute atomic E-state index is 14.1. The zero-order chi connectivity index (χ0) is 22.3. The van der Waals surface area contributed by atoms with Crippen molar-refractivity contribution in [3.8, 4) is 0 Å². The molecule has 1 aromatic heterocycles. The number of carbonyl (C=O) groups is 2. The summed E-state index contributed by atoms with van der Waals surface area (Å²) < 4.78 is 28.3. The molecule has 0 spiro atoms. The first kappa shape index (κ1) is 20.9. The number of nitrogens with one attached hydrogen (secondary N) is 2. The summed E-state index contributed by atoms with van der Waals surface area (Å²) in [6.45, 7) is 5.77. The molecule has 2 heterocycles. The molecule has 1 unspecified atom stereocenters. The van der Waals surface area contributed by atoms with Gasteiger partial charge in [0.15, 0.2) is 5.78 Å². The molecule has 1 aliphatic carbocycles. The predicted octanol–water partition coefficient (Wildman–Crippen LogP) is 4.60. The fourth-order valence-electron chi connectivity index (χ4n) is 4.38. The van der Waals surface area contributed by atoms with Gasteiger partial charge in [-0.05, 0) is 43.0 Å². The van der Waals surface area contributed by atoms with E-state index in [1.54, 1.807) is 31.3 Å². The number of pyridine rings is 1. The van der Waals surface area contributed by atoms with Gasteiger partial charge >= 0.3 is 0 Å². The zero-order valence-electron chi connectivity index (χ0n) is 17.6. The highest BCUT2D eigenvalue weighted by Crippen LogP contribution is 2.46. The Morgan fingerprint density at radius 2 is 1.84 bits per heavy atom. The number of carbonyl (C=O) groups excluding carboxylic acids is 2. The van der Waals surface area contributed by atoms with E-state index in [1.807, 2.05) is 13.8 Å². The van der Waals surface area contributed by atoms with Gasteiger partial charge in [-0.1, -0.05) is 26.0 Å². The Balaban J connectivity index is 1.81. The summed E-state index contributed by atoms with van der Waals surface area (Å²) in [5.41, 5.74) is 1.79. The molecule has 0 radical (unpaired) electrons. The van der Waals surface area contributed by atoms with E-state index in [1.165, 1.54) is 6.07 Å². The fraction of sp³-hybridized carbons (Fsp3) is 0.292. The number of amides is 1. The summed E-state index contributed by atoms with van der Waals surface area (Å²) in [6, 6.07) is 8.65. The number of benzene rings is 1. The van der Waals surface area contributed by atoms with Crippen LogP contribution < -0.4 is 10.6 Å². The second kappa shape index (κ2) is 7.72. The molecule has 2 N–H and O–H groups in total. The summed E-state index contributed by atoms with van der Waals surface area (Å²) in [6.07, 6.45) is 2.58. The van der Waals surface area contributed by atoms with Crippen LogP contribution in [0.15, 0.2) is 65.1 Å². The molecule has 2 aromatic rings. The number of rotatable bonds is 3. The first-order valence-electron chi connectivity index (χ1n) is 10.1. The van der Waals surface area contributed by atoms with Crippen LogP contribution in [0.4, 0.5) is 14.5 Å². The zero-order valence-corrected chi connectivity index (χ0v) is 17.6. The van der Waals surface area contributed by atoms with Crippen molar-refractivity contribution in [1.29, 1.82) is 0 Å². The summed E-state index contributed by atoms with van der Waals surface area (Å²) in [4.78, 5) is 30.8. The van der Waals surface area contributed by atoms with E-state index < -0.39 is 29.1 Å². The van der Waals surface area contributed by atoms with E-state index in [9.17, 15) is 18.4 Å². The van der Waals surface area contributed by atoms with Crippen LogP contribution in [0, 0.1) is 17.0 Å². The van der Waals surface area contributed by atoms with Crippen molar-refractivity contribution >= 4 is 17.4 Å². The number of ketones is 1. The Morgan fingerprint density at radius 3 is 2.48 bits per heavy atom. The average Bonchev–Trinajstić information content (AvgIpc) is 2.69. The van der Waals surface area contributed by atoms with E-state index in [0.29, 0.717) is 29.8 Å². The monoisotopic (exact) mass is 423 g/mol. The van der Waals surface area contributed by atoms with Crippen molar-refractivity contribution in [2.45, 2.75) is 39.5 Å². The fourth-order valence-corrected chi connectivity index (χ4v) is 4.38. The molecule has 7 heteroatoms. The van der Waals surface area contributed by atoms with Gasteiger partial charge in [0.1, 0.15) is 17.3 Å². The normalized spacial score (nSPS) is 20.3. The van der Waals surface area contributed by atoms with Crippen LogP contribution in [0.3, 0.4) is 0 Å². The Kier molecular flexibility index (Phi) is 5.21. The molecule has 4 rings (SSSR count). The standard InChI is InChI=1S/C24H23F2N3O2/c1-13-19(23(31)29-22-14(25)7-6-8-15(22)26)21(16-9-4-5-10-27-16)20-17(28-13)11-24(2,3)12-18(20)30/h4-10,21,28H,11-12H2,1-3H3,(H,29,31). The molecule has 0 saturated heterocycles. The van der Waals surface area contributed by atoms with Crippen molar-refractivity contribution < 1.29 is 18.4 Å². The van der Waals surface area contributed by atoms with Crippen LogP contribution in [0.2, 0.25) is 0 Å². The highest BCUT2D eigenvalue weighted by atomic mass is 19.1. The number of nitrogens with zero attached hydrogens (tertiary/aromatic N) is 1. The maximum atomic E-state index is 14.1. The van der Waals surface area contributed by atoms with Crippen molar-refractivity contribution in [3.63, 3.8) is 0 Å². The van der Waals surface area contributed by atoms with Gasteiger partial charge in [-0.2, -0.15) is 0 Å². The highest BCUT2D eigenvalue weighted by molar-refractivity contribution is 6.09. The van der Waals surface area contributed by atoms with Gasteiger partial charge in [-0.3, -0.25) is 14.6 Å². The molecule has 0 saturated carbocycles. The van der Waals surface area contributed by atoms with Gasteiger partial charge in [-0.25, -0.2) is 8.78 Å².